The second-order valence-corrected chi connectivity index (χ2v) is 24.1. The van der Waals surface area contributed by atoms with E-state index in [-0.39, 0.29) is 0 Å². The molecule has 0 radical (unpaired) electrons. The summed E-state index contributed by atoms with van der Waals surface area (Å²) in [5, 5.41) is 5.41. The summed E-state index contributed by atoms with van der Waals surface area (Å²) in [6, 6.07) is 46.5. The van der Waals surface area contributed by atoms with Crippen LogP contribution in [-0.4, -0.2) is 0 Å². The van der Waals surface area contributed by atoms with E-state index in [1.807, 2.05) is 0 Å². The van der Waals surface area contributed by atoms with Gasteiger partial charge in [0, 0.05) is 44.3 Å². The molecule has 80 heavy (non-hydrogen) atoms. The van der Waals surface area contributed by atoms with Gasteiger partial charge in [-0.15, -0.1) is 0 Å². The van der Waals surface area contributed by atoms with E-state index in [9.17, 15) is 0 Å². The number of benzene rings is 7. The van der Waals surface area contributed by atoms with Crippen molar-refractivity contribution in [3.63, 3.8) is 0 Å². The van der Waals surface area contributed by atoms with Gasteiger partial charge in [0.25, 0.3) is 0 Å². The first kappa shape index (κ1) is 62.3. The number of fused-ring (bicyclic) bond motifs is 2. The molecule has 0 atom stereocenters. The largest absolute Gasteiger partial charge is 0.309 e. The van der Waals surface area contributed by atoms with Crippen molar-refractivity contribution in [2.45, 2.75) is 262 Å². The highest BCUT2D eigenvalue weighted by Gasteiger charge is 2.29. The first-order valence-corrected chi connectivity index (χ1v) is 33.4. The summed E-state index contributed by atoms with van der Waals surface area (Å²) in [7, 11) is 0. The maximum Gasteiger partial charge on any atom is 0.0620 e. The first-order valence-electron chi connectivity index (χ1n) is 33.4. The Labute approximate surface area is 489 Å². The smallest absolute Gasteiger partial charge is 0.0620 e. The molecule has 0 spiro atoms. The normalized spacial score (nSPS) is 11.6. The molecule has 2 nitrogen and oxygen atoms in total. The molecule has 0 saturated carbocycles. The van der Waals surface area contributed by atoms with E-state index in [1.54, 1.807) is 0 Å². The van der Waals surface area contributed by atoms with Gasteiger partial charge in [-0.05, 0) is 239 Å². The third-order valence-electron chi connectivity index (χ3n) is 17.1. The van der Waals surface area contributed by atoms with Crippen molar-refractivity contribution < 1.29 is 0 Å². The average Bonchev–Trinajstić information content (AvgIpc) is 3.65. The maximum atomic E-state index is 2.82. The summed E-state index contributed by atoms with van der Waals surface area (Å²) in [4.78, 5) is 5.61. The summed E-state index contributed by atoms with van der Waals surface area (Å²) >= 11 is 0. The lowest BCUT2D eigenvalue weighted by Gasteiger charge is -2.35. The zero-order valence-electron chi connectivity index (χ0n) is 52.5. The highest BCUT2D eigenvalue weighted by Crippen LogP contribution is 2.53. The van der Waals surface area contributed by atoms with Gasteiger partial charge in [0.05, 0.1) is 11.4 Å². The molecule has 7 aromatic carbocycles. The molecule has 0 aliphatic carbocycles. The van der Waals surface area contributed by atoms with E-state index >= 15 is 0 Å². The quantitative estimate of drug-likeness (QED) is 0.0285. The van der Waals surface area contributed by atoms with Gasteiger partial charge in [0.2, 0.25) is 0 Å². The lowest BCUT2D eigenvalue weighted by molar-refractivity contribution is 0.778. The number of rotatable bonds is 36. The van der Waals surface area contributed by atoms with Crippen molar-refractivity contribution in [3.05, 3.63) is 165 Å². The highest BCUT2D eigenvalue weighted by molar-refractivity contribution is 6.23. The molecule has 7 aromatic rings. The van der Waals surface area contributed by atoms with E-state index in [0.717, 1.165) is 64.2 Å². The van der Waals surface area contributed by atoms with Gasteiger partial charge < -0.3 is 9.80 Å². The lowest BCUT2D eigenvalue weighted by atomic mass is 9.90. The van der Waals surface area contributed by atoms with Gasteiger partial charge in [-0.2, -0.15) is 0 Å². The number of nitrogens with zero attached hydrogens (tertiary/aromatic N) is 2. The van der Waals surface area contributed by atoms with Crippen LogP contribution in [0.3, 0.4) is 0 Å². The number of aryl methyl sites for hydroxylation is 10. The van der Waals surface area contributed by atoms with Crippen LogP contribution in [0, 0.1) is 0 Å². The van der Waals surface area contributed by atoms with E-state index in [2.05, 4.69) is 188 Å². The van der Waals surface area contributed by atoms with Crippen molar-refractivity contribution in [1.29, 1.82) is 0 Å². The molecule has 0 unspecified atom stereocenters. The SMILES string of the molecule is CCCCc1cc(CCCC)cc(N(c2cc(CCCC)cc(CCCC)c2)c2c3cc(CCCC)ccc3c(N(c3cc(CCCC)cc(CCCC)c3)c3ccc(CCCC)cc3CCCC)c3cc(CCCC)ccc23)c1. The fourth-order valence-corrected chi connectivity index (χ4v) is 12.4. The maximum absolute atomic E-state index is 2.82. The number of hydrogen-bond acceptors (Lipinski definition) is 2. The second kappa shape index (κ2) is 32.9. The van der Waals surface area contributed by atoms with Gasteiger partial charge in [0.1, 0.15) is 0 Å². The van der Waals surface area contributed by atoms with Crippen molar-refractivity contribution in [2.24, 2.45) is 0 Å². The molecule has 0 fully saturated rings. The van der Waals surface area contributed by atoms with E-state index in [4.69, 9.17) is 0 Å². The molecule has 0 bridgehead atoms. The standard InChI is InChI=1S/C78H108N2/c1-11-21-31-59-43-46-76(68(50-59)40-30-20-10)80(71-55-66(38-28-18-8)49-67(56-71)39-29-19-9)78-73-45-42-60(32-22-12-2)57-74(73)77(72-44-41-61(33-23-13-3)58-75(72)78)79(69-51-62(34-24-14-4)47-63(52-69)35-25-15-5)70-53-64(36-26-16-6)48-65(54-70)37-27-17-7/h41-58H,11-40H2,1-10H3. The van der Waals surface area contributed by atoms with Gasteiger partial charge >= 0.3 is 0 Å². The Bertz CT molecular complexity index is 2850. The molecule has 0 heterocycles. The Morgan fingerprint density at radius 3 is 0.812 bits per heavy atom. The Morgan fingerprint density at radius 1 is 0.225 bits per heavy atom. The third-order valence-corrected chi connectivity index (χ3v) is 17.1. The molecule has 0 amide bonds. The summed E-state index contributed by atoms with van der Waals surface area (Å²) in [5.41, 5.74) is 22.6. The van der Waals surface area contributed by atoms with E-state index in [0.29, 0.717) is 0 Å². The monoisotopic (exact) mass is 1070 g/mol. The van der Waals surface area contributed by atoms with Crippen LogP contribution < -0.4 is 9.80 Å². The van der Waals surface area contributed by atoms with Crippen LogP contribution in [0.4, 0.5) is 34.1 Å². The summed E-state index contributed by atoms with van der Waals surface area (Å²) in [5.74, 6) is 0. The molecule has 0 aliphatic heterocycles. The van der Waals surface area contributed by atoms with Gasteiger partial charge in [-0.3, -0.25) is 0 Å². The highest BCUT2D eigenvalue weighted by atomic mass is 15.2. The van der Waals surface area contributed by atoms with Gasteiger partial charge in [-0.1, -0.05) is 188 Å². The van der Waals surface area contributed by atoms with Crippen molar-refractivity contribution in [3.8, 4) is 0 Å². The van der Waals surface area contributed by atoms with Crippen LogP contribution >= 0.6 is 0 Å². The Morgan fingerprint density at radius 2 is 0.487 bits per heavy atom. The molecule has 2 heteroatoms. The molecular weight excluding hydrogens is 965 g/mol. The summed E-state index contributed by atoms with van der Waals surface area (Å²) in [6.07, 6.45) is 34.7. The molecule has 7 rings (SSSR count). The van der Waals surface area contributed by atoms with E-state index in [1.165, 1.54) is 240 Å². The number of anilines is 6. The first-order chi connectivity index (χ1) is 39.2. The van der Waals surface area contributed by atoms with Crippen molar-refractivity contribution >= 4 is 55.7 Å². The molecule has 0 N–H and O–H groups in total. The number of unbranched alkanes of at least 4 members (excludes halogenated alkanes) is 10. The molecule has 0 aliphatic rings. The summed E-state index contributed by atoms with van der Waals surface area (Å²) in [6.45, 7) is 23.5. The van der Waals surface area contributed by atoms with Crippen LogP contribution in [0.1, 0.15) is 253 Å². The van der Waals surface area contributed by atoms with Crippen molar-refractivity contribution in [2.75, 3.05) is 9.80 Å². The zero-order valence-corrected chi connectivity index (χ0v) is 52.5. The average molecular weight is 1070 g/mol. The van der Waals surface area contributed by atoms with Crippen LogP contribution in [0.25, 0.3) is 21.5 Å². The van der Waals surface area contributed by atoms with Crippen LogP contribution in [0.5, 0.6) is 0 Å². The number of hydrogen-bond donors (Lipinski definition) is 0. The topological polar surface area (TPSA) is 6.48 Å². The minimum absolute atomic E-state index is 1.06. The van der Waals surface area contributed by atoms with E-state index < -0.39 is 0 Å². The van der Waals surface area contributed by atoms with Crippen LogP contribution in [0.2, 0.25) is 0 Å². The zero-order chi connectivity index (χ0) is 56.6. The fraction of sp³-hybridized carbons (Fsp3) is 0.513. The van der Waals surface area contributed by atoms with Crippen LogP contribution in [0.15, 0.2) is 109 Å². The predicted molar refractivity (Wildman–Crippen MR) is 357 cm³/mol. The van der Waals surface area contributed by atoms with Crippen LogP contribution in [-0.2, 0) is 64.2 Å². The lowest BCUT2D eigenvalue weighted by Crippen LogP contribution is -2.17. The van der Waals surface area contributed by atoms with Gasteiger partial charge in [-0.25, -0.2) is 0 Å². The summed E-state index contributed by atoms with van der Waals surface area (Å²) < 4.78 is 0. The second-order valence-electron chi connectivity index (χ2n) is 24.1. The minimum Gasteiger partial charge on any atom is -0.309 e. The fourth-order valence-electron chi connectivity index (χ4n) is 12.4. The molecular formula is C78H108N2. The van der Waals surface area contributed by atoms with Crippen molar-refractivity contribution in [1.82, 2.24) is 0 Å². The molecule has 0 aromatic heterocycles. The third kappa shape index (κ3) is 16.7. The predicted octanol–water partition coefficient (Wildman–Crippen LogP) is 24.4. The Hall–Kier alpha value is -5.34. The Kier molecular flexibility index (Phi) is 25.6. The van der Waals surface area contributed by atoms with Gasteiger partial charge in [0.15, 0.2) is 0 Å². The molecule has 0 saturated heterocycles. The Balaban J connectivity index is 1.73. The minimum atomic E-state index is 1.06. The molecule has 430 valence electrons.